The van der Waals surface area contributed by atoms with Crippen LogP contribution < -0.4 is 4.74 Å². The Morgan fingerprint density at radius 1 is 1.33 bits per heavy atom. The highest BCUT2D eigenvalue weighted by atomic mass is 79.9. The van der Waals surface area contributed by atoms with Gasteiger partial charge in [-0.05, 0) is 41.4 Å². The molecule has 1 heterocycles. The smallest absolute Gasteiger partial charge is 0.131 e. The van der Waals surface area contributed by atoms with Crippen molar-refractivity contribution in [3.05, 3.63) is 44.6 Å². The van der Waals surface area contributed by atoms with E-state index < -0.39 is 0 Å². The van der Waals surface area contributed by atoms with E-state index in [1.54, 1.807) is 0 Å². The molecule has 0 N–H and O–H groups in total. The summed E-state index contributed by atoms with van der Waals surface area (Å²) in [7, 11) is 0. The summed E-state index contributed by atoms with van der Waals surface area (Å²) in [4.78, 5) is 0. The zero-order valence-corrected chi connectivity index (χ0v) is 15.9. The van der Waals surface area contributed by atoms with Crippen LogP contribution in [-0.2, 0) is 24.9 Å². The SMILES string of the molecule is CCc1nn(CC)c(COc2cccc(Cl)c2CBr)c1Br. The average molecular weight is 437 g/mol. The molecule has 1 aromatic carbocycles. The van der Waals surface area contributed by atoms with Crippen LogP contribution in [0.25, 0.3) is 0 Å². The molecule has 0 saturated carbocycles. The van der Waals surface area contributed by atoms with Crippen LogP contribution >= 0.6 is 43.5 Å². The topological polar surface area (TPSA) is 27.1 Å². The van der Waals surface area contributed by atoms with E-state index in [4.69, 9.17) is 16.3 Å². The molecule has 0 fully saturated rings. The zero-order chi connectivity index (χ0) is 15.4. The first-order valence-electron chi connectivity index (χ1n) is 6.82. The van der Waals surface area contributed by atoms with Crippen molar-refractivity contribution in [3.8, 4) is 5.75 Å². The third-order valence-electron chi connectivity index (χ3n) is 3.27. The van der Waals surface area contributed by atoms with Gasteiger partial charge in [-0.1, -0.05) is 40.5 Å². The molecule has 21 heavy (non-hydrogen) atoms. The lowest BCUT2D eigenvalue weighted by molar-refractivity contribution is 0.289. The number of benzene rings is 1. The van der Waals surface area contributed by atoms with E-state index in [2.05, 4.69) is 50.8 Å². The number of ether oxygens (including phenoxy) is 1. The molecule has 0 amide bonds. The number of rotatable bonds is 6. The first kappa shape index (κ1) is 16.8. The first-order chi connectivity index (χ1) is 10.1. The monoisotopic (exact) mass is 434 g/mol. The second-order valence-corrected chi connectivity index (χ2v) is 6.28. The molecule has 0 bridgehead atoms. The molecule has 0 aliphatic rings. The van der Waals surface area contributed by atoms with E-state index in [1.807, 2.05) is 22.9 Å². The Kier molecular flexibility index (Phi) is 6.14. The van der Waals surface area contributed by atoms with E-state index in [-0.39, 0.29) is 0 Å². The molecule has 0 radical (unpaired) electrons. The van der Waals surface area contributed by atoms with Gasteiger partial charge in [0.1, 0.15) is 12.4 Å². The van der Waals surface area contributed by atoms with E-state index in [1.165, 1.54) is 0 Å². The Balaban J connectivity index is 2.24. The highest BCUT2D eigenvalue weighted by molar-refractivity contribution is 9.10. The highest BCUT2D eigenvalue weighted by Crippen LogP contribution is 2.30. The maximum absolute atomic E-state index is 6.19. The molecule has 0 unspecified atom stereocenters. The molecular weight excluding hydrogens is 419 g/mol. The van der Waals surface area contributed by atoms with Crippen LogP contribution in [0, 0.1) is 0 Å². The van der Waals surface area contributed by atoms with Crippen LogP contribution in [0.2, 0.25) is 5.02 Å². The lowest BCUT2D eigenvalue weighted by atomic mass is 10.2. The Morgan fingerprint density at radius 2 is 2.10 bits per heavy atom. The van der Waals surface area contributed by atoms with Crippen LogP contribution in [0.1, 0.15) is 30.8 Å². The van der Waals surface area contributed by atoms with Crippen LogP contribution in [-0.4, -0.2) is 9.78 Å². The van der Waals surface area contributed by atoms with Crippen molar-refractivity contribution >= 4 is 43.5 Å². The average Bonchev–Trinajstić information content (AvgIpc) is 2.80. The van der Waals surface area contributed by atoms with Gasteiger partial charge in [0, 0.05) is 22.5 Å². The zero-order valence-electron chi connectivity index (χ0n) is 12.0. The summed E-state index contributed by atoms with van der Waals surface area (Å²) in [5, 5.41) is 5.95. The fourth-order valence-electron chi connectivity index (χ4n) is 2.11. The third-order valence-corrected chi connectivity index (χ3v) is 5.10. The summed E-state index contributed by atoms with van der Waals surface area (Å²) in [5.41, 5.74) is 3.07. The second-order valence-electron chi connectivity index (χ2n) is 4.52. The number of alkyl halides is 1. The van der Waals surface area contributed by atoms with E-state index in [9.17, 15) is 0 Å². The van der Waals surface area contributed by atoms with E-state index >= 15 is 0 Å². The molecule has 0 spiro atoms. The number of hydrogen-bond donors (Lipinski definition) is 0. The van der Waals surface area contributed by atoms with Crippen LogP contribution in [0.15, 0.2) is 22.7 Å². The van der Waals surface area contributed by atoms with Gasteiger partial charge in [0.15, 0.2) is 0 Å². The fourth-order valence-corrected chi connectivity index (χ4v) is 3.76. The van der Waals surface area contributed by atoms with Gasteiger partial charge in [0.05, 0.1) is 15.9 Å². The minimum atomic E-state index is 0.460. The minimum absolute atomic E-state index is 0.460. The maximum atomic E-state index is 6.19. The fraction of sp³-hybridized carbons (Fsp3) is 0.400. The van der Waals surface area contributed by atoms with E-state index in [0.29, 0.717) is 17.0 Å². The maximum Gasteiger partial charge on any atom is 0.131 e. The second kappa shape index (κ2) is 7.65. The van der Waals surface area contributed by atoms with Crippen molar-refractivity contribution in [2.24, 2.45) is 0 Å². The lowest BCUT2D eigenvalue weighted by Crippen LogP contribution is -2.07. The number of halogens is 3. The third kappa shape index (κ3) is 3.63. The van der Waals surface area contributed by atoms with Crippen molar-refractivity contribution in [2.45, 2.75) is 38.8 Å². The van der Waals surface area contributed by atoms with E-state index in [0.717, 1.165) is 40.1 Å². The van der Waals surface area contributed by atoms with Crippen molar-refractivity contribution in [1.29, 1.82) is 0 Å². The van der Waals surface area contributed by atoms with Gasteiger partial charge in [-0.2, -0.15) is 5.10 Å². The summed E-state index contributed by atoms with van der Waals surface area (Å²) in [6.45, 7) is 5.45. The van der Waals surface area contributed by atoms with Gasteiger partial charge >= 0.3 is 0 Å². The molecule has 0 aliphatic heterocycles. The predicted molar refractivity (Wildman–Crippen MR) is 93.4 cm³/mol. The summed E-state index contributed by atoms with van der Waals surface area (Å²) in [6, 6.07) is 5.70. The van der Waals surface area contributed by atoms with Gasteiger partial charge in [-0.3, -0.25) is 4.68 Å². The largest absolute Gasteiger partial charge is 0.487 e. The molecule has 2 rings (SSSR count). The van der Waals surface area contributed by atoms with Crippen LogP contribution in [0.5, 0.6) is 5.75 Å². The molecule has 0 saturated heterocycles. The molecule has 2 aromatic rings. The first-order valence-corrected chi connectivity index (χ1v) is 9.11. The summed E-state index contributed by atoms with van der Waals surface area (Å²) in [5.74, 6) is 0.799. The van der Waals surface area contributed by atoms with Crippen LogP contribution in [0.3, 0.4) is 0 Å². The van der Waals surface area contributed by atoms with Gasteiger partial charge in [0.2, 0.25) is 0 Å². The van der Waals surface area contributed by atoms with Crippen molar-refractivity contribution in [3.63, 3.8) is 0 Å². The molecule has 6 heteroatoms. The predicted octanol–water partition coefficient (Wildman–Crippen LogP) is 5.36. The number of nitrogens with zero attached hydrogens (tertiary/aromatic N) is 2. The van der Waals surface area contributed by atoms with Gasteiger partial charge in [-0.15, -0.1) is 0 Å². The molecule has 114 valence electrons. The Morgan fingerprint density at radius 3 is 2.71 bits per heavy atom. The summed E-state index contributed by atoms with van der Waals surface area (Å²) < 4.78 is 8.98. The lowest BCUT2D eigenvalue weighted by Gasteiger charge is -2.12. The number of hydrogen-bond acceptors (Lipinski definition) is 2. The highest BCUT2D eigenvalue weighted by Gasteiger charge is 2.15. The molecule has 0 atom stereocenters. The molecule has 3 nitrogen and oxygen atoms in total. The van der Waals surface area contributed by atoms with Crippen molar-refractivity contribution < 1.29 is 4.74 Å². The summed E-state index contributed by atoms with van der Waals surface area (Å²) in [6.07, 6.45) is 0.893. The van der Waals surface area contributed by atoms with Gasteiger partial charge < -0.3 is 4.74 Å². The molecule has 0 aliphatic carbocycles. The minimum Gasteiger partial charge on any atom is -0.487 e. The van der Waals surface area contributed by atoms with Crippen molar-refractivity contribution in [2.75, 3.05) is 0 Å². The Labute approximate surface area is 146 Å². The number of aryl methyl sites for hydroxylation is 2. The summed E-state index contributed by atoms with van der Waals surface area (Å²) >= 11 is 13.3. The van der Waals surface area contributed by atoms with Gasteiger partial charge in [-0.25, -0.2) is 0 Å². The Bertz CT molecular complexity index is 628. The normalized spacial score (nSPS) is 10.9. The quantitative estimate of drug-likeness (QED) is 0.571. The number of aromatic nitrogens is 2. The Hall–Kier alpha value is -0.520. The van der Waals surface area contributed by atoms with Crippen LogP contribution in [0.4, 0.5) is 0 Å². The molecular formula is C15H17Br2ClN2O. The molecule has 1 aromatic heterocycles. The standard InChI is InChI=1S/C15H17Br2ClN2O/c1-3-12-15(17)13(20(4-2)19-12)9-21-14-7-5-6-11(18)10(14)8-16/h5-7H,3-4,8-9H2,1-2H3. The van der Waals surface area contributed by atoms with Gasteiger partial charge in [0.25, 0.3) is 0 Å². The van der Waals surface area contributed by atoms with Crippen molar-refractivity contribution in [1.82, 2.24) is 9.78 Å².